The molecule has 1 heterocycles. The Balaban J connectivity index is 2.22. The van der Waals surface area contributed by atoms with Crippen LogP contribution in [0.2, 0.25) is 0 Å². The van der Waals surface area contributed by atoms with E-state index in [1.807, 2.05) is 0 Å². The van der Waals surface area contributed by atoms with Gasteiger partial charge in [0.25, 0.3) is 0 Å². The van der Waals surface area contributed by atoms with Crippen molar-refractivity contribution in [1.29, 1.82) is 0 Å². The Hall–Kier alpha value is -1.13. The number of piperidine rings is 1. The number of nitrogens with one attached hydrogen (secondary N) is 1. The molecule has 1 aromatic carbocycles. The second-order valence-electron chi connectivity index (χ2n) is 4.47. The van der Waals surface area contributed by atoms with E-state index in [0.717, 1.165) is 24.9 Å². The molecule has 0 spiro atoms. The highest BCUT2D eigenvalue weighted by molar-refractivity contribution is 5.36. The molecule has 0 aromatic heterocycles. The van der Waals surface area contributed by atoms with Crippen LogP contribution in [0.5, 0.6) is 5.75 Å². The van der Waals surface area contributed by atoms with Crippen molar-refractivity contribution in [1.82, 2.24) is 5.32 Å². The van der Waals surface area contributed by atoms with E-state index in [4.69, 9.17) is 4.74 Å². The average molecular weight is 239 g/mol. The highest BCUT2D eigenvalue weighted by Gasteiger charge is 2.24. The molecule has 1 aliphatic rings. The van der Waals surface area contributed by atoms with Crippen LogP contribution in [0.4, 0.5) is 4.39 Å². The molecule has 1 saturated heterocycles. The van der Waals surface area contributed by atoms with Gasteiger partial charge in [-0.25, -0.2) is 4.39 Å². The van der Waals surface area contributed by atoms with E-state index in [1.165, 1.54) is 12.1 Å². The lowest BCUT2D eigenvalue weighted by atomic mass is 9.89. The minimum absolute atomic E-state index is 0.0616. The Kier molecular flexibility index (Phi) is 3.97. The smallest absolute Gasteiger partial charge is 0.123 e. The van der Waals surface area contributed by atoms with Gasteiger partial charge in [-0.1, -0.05) is 0 Å². The van der Waals surface area contributed by atoms with E-state index >= 15 is 0 Å². The normalized spacial score (nSPS) is 24.6. The first-order valence-corrected chi connectivity index (χ1v) is 5.92. The second kappa shape index (κ2) is 5.47. The third-order valence-electron chi connectivity index (χ3n) is 3.34. The molecule has 1 aliphatic heterocycles. The van der Waals surface area contributed by atoms with Gasteiger partial charge in [0.2, 0.25) is 0 Å². The molecule has 1 fully saturated rings. The zero-order valence-electron chi connectivity index (χ0n) is 9.95. The third-order valence-corrected chi connectivity index (χ3v) is 3.34. The lowest BCUT2D eigenvalue weighted by Crippen LogP contribution is -2.33. The van der Waals surface area contributed by atoms with E-state index < -0.39 is 0 Å². The van der Waals surface area contributed by atoms with Gasteiger partial charge in [0.1, 0.15) is 11.6 Å². The van der Waals surface area contributed by atoms with E-state index in [0.29, 0.717) is 5.75 Å². The largest absolute Gasteiger partial charge is 0.496 e. The Bertz CT molecular complexity index is 384. The molecule has 94 valence electrons. The maximum atomic E-state index is 13.3. The summed E-state index contributed by atoms with van der Waals surface area (Å²) in [5.74, 6) is 0.727. The highest BCUT2D eigenvalue weighted by atomic mass is 19.1. The van der Waals surface area contributed by atoms with Crippen molar-refractivity contribution in [2.45, 2.75) is 18.9 Å². The van der Waals surface area contributed by atoms with Crippen molar-refractivity contribution in [2.75, 3.05) is 20.3 Å². The number of hydrogen-bond acceptors (Lipinski definition) is 3. The van der Waals surface area contributed by atoms with Gasteiger partial charge >= 0.3 is 0 Å². The first kappa shape index (κ1) is 12.3. The molecule has 0 amide bonds. The molecule has 0 saturated carbocycles. The van der Waals surface area contributed by atoms with Gasteiger partial charge in [-0.2, -0.15) is 0 Å². The molecule has 2 unspecified atom stereocenters. The topological polar surface area (TPSA) is 41.5 Å². The third kappa shape index (κ3) is 2.76. The monoisotopic (exact) mass is 239 g/mol. The van der Waals surface area contributed by atoms with Crippen LogP contribution in [0.15, 0.2) is 18.2 Å². The van der Waals surface area contributed by atoms with Crippen molar-refractivity contribution >= 4 is 0 Å². The summed E-state index contributed by atoms with van der Waals surface area (Å²) in [6, 6.07) is 4.62. The van der Waals surface area contributed by atoms with Gasteiger partial charge in [0.05, 0.1) is 7.11 Å². The van der Waals surface area contributed by atoms with E-state index in [2.05, 4.69) is 5.32 Å². The Labute approximate surface area is 101 Å². The summed E-state index contributed by atoms with van der Waals surface area (Å²) in [6.45, 7) is 1.03. The molecule has 1 aromatic rings. The molecule has 17 heavy (non-hydrogen) atoms. The van der Waals surface area contributed by atoms with Crippen LogP contribution in [0.25, 0.3) is 0 Å². The fourth-order valence-electron chi connectivity index (χ4n) is 2.38. The Morgan fingerprint density at radius 2 is 2.35 bits per heavy atom. The number of benzene rings is 1. The highest BCUT2D eigenvalue weighted by Crippen LogP contribution is 2.33. The maximum Gasteiger partial charge on any atom is 0.123 e. The number of halogens is 1. The van der Waals surface area contributed by atoms with Crippen LogP contribution in [-0.2, 0) is 0 Å². The van der Waals surface area contributed by atoms with Gasteiger partial charge in [0.15, 0.2) is 0 Å². The molecular formula is C13H18FNO2. The Morgan fingerprint density at radius 3 is 3.06 bits per heavy atom. The van der Waals surface area contributed by atoms with E-state index in [-0.39, 0.29) is 24.4 Å². The molecule has 4 heteroatoms. The summed E-state index contributed by atoms with van der Waals surface area (Å²) in [5.41, 5.74) is 0.839. The van der Waals surface area contributed by atoms with Gasteiger partial charge in [-0.3, -0.25) is 0 Å². The van der Waals surface area contributed by atoms with Gasteiger partial charge in [-0.05, 0) is 43.5 Å². The molecule has 2 rings (SSSR count). The minimum atomic E-state index is -0.256. The number of rotatable bonds is 3. The standard InChI is InChI=1S/C13H18FNO2/c1-17-13-3-2-10(14)7-11(13)12-6-9(8-16)4-5-15-12/h2-3,7,9,12,15-16H,4-6,8H2,1H3. The molecule has 2 N–H and O–H groups in total. The summed E-state index contributed by atoms with van der Waals surface area (Å²) in [7, 11) is 1.59. The number of aliphatic hydroxyl groups is 1. The number of aliphatic hydroxyl groups excluding tert-OH is 1. The fraction of sp³-hybridized carbons (Fsp3) is 0.538. The summed E-state index contributed by atoms with van der Waals surface area (Å²) in [4.78, 5) is 0. The van der Waals surface area contributed by atoms with E-state index in [9.17, 15) is 9.50 Å². The lowest BCUT2D eigenvalue weighted by Gasteiger charge is -2.30. The van der Waals surface area contributed by atoms with Gasteiger partial charge < -0.3 is 15.2 Å². The van der Waals surface area contributed by atoms with Crippen molar-refractivity contribution in [2.24, 2.45) is 5.92 Å². The van der Waals surface area contributed by atoms with Crippen LogP contribution in [-0.4, -0.2) is 25.4 Å². The summed E-state index contributed by atoms with van der Waals surface area (Å²) < 4.78 is 18.5. The minimum Gasteiger partial charge on any atom is -0.496 e. The average Bonchev–Trinajstić information content (AvgIpc) is 2.39. The van der Waals surface area contributed by atoms with Crippen molar-refractivity contribution in [3.63, 3.8) is 0 Å². The van der Waals surface area contributed by atoms with Crippen molar-refractivity contribution < 1.29 is 14.2 Å². The first-order valence-electron chi connectivity index (χ1n) is 5.92. The number of methoxy groups -OCH3 is 1. The van der Waals surface area contributed by atoms with Gasteiger partial charge in [-0.15, -0.1) is 0 Å². The summed E-state index contributed by atoms with van der Waals surface area (Å²) >= 11 is 0. The second-order valence-corrected chi connectivity index (χ2v) is 4.47. The zero-order chi connectivity index (χ0) is 12.3. The number of hydrogen-bond donors (Lipinski definition) is 2. The van der Waals surface area contributed by atoms with Crippen LogP contribution in [0.3, 0.4) is 0 Å². The SMILES string of the molecule is COc1ccc(F)cc1C1CC(CO)CCN1. The molecule has 3 nitrogen and oxygen atoms in total. The van der Waals surface area contributed by atoms with Crippen LogP contribution in [0, 0.1) is 11.7 Å². The zero-order valence-corrected chi connectivity index (χ0v) is 9.95. The predicted molar refractivity (Wildman–Crippen MR) is 63.5 cm³/mol. The Morgan fingerprint density at radius 1 is 1.53 bits per heavy atom. The fourth-order valence-corrected chi connectivity index (χ4v) is 2.38. The first-order chi connectivity index (χ1) is 8.24. The predicted octanol–water partition coefficient (Wildman–Crippen LogP) is 1.87. The number of ether oxygens (including phenoxy) is 1. The summed E-state index contributed by atoms with van der Waals surface area (Å²) in [5, 5.41) is 12.5. The molecule has 0 radical (unpaired) electrons. The van der Waals surface area contributed by atoms with Gasteiger partial charge in [0, 0.05) is 18.2 Å². The van der Waals surface area contributed by atoms with E-state index in [1.54, 1.807) is 13.2 Å². The molecular weight excluding hydrogens is 221 g/mol. The summed E-state index contributed by atoms with van der Waals surface area (Å²) in [6.07, 6.45) is 1.78. The molecule has 0 bridgehead atoms. The van der Waals surface area contributed by atoms with Crippen LogP contribution < -0.4 is 10.1 Å². The van der Waals surface area contributed by atoms with Crippen molar-refractivity contribution in [3.05, 3.63) is 29.6 Å². The maximum absolute atomic E-state index is 13.3. The van der Waals surface area contributed by atoms with Crippen molar-refractivity contribution in [3.8, 4) is 5.75 Å². The molecule has 2 atom stereocenters. The molecule has 0 aliphatic carbocycles. The van der Waals surface area contributed by atoms with Crippen LogP contribution >= 0.6 is 0 Å². The van der Waals surface area contributed by atoms with Crippen LogP contribution in [0.1, 0.15) is 24.4 Å². The quantitative estimate of drug-likeness (QED) is 0.846. The lowest BCUT2D eigenvalue weighted by molar-refractivity contribution is 0.175.